The van der Waals surface area contributed by atoms with Crippen LogP contribution in [0.1, 0.15) is 25.3 Å². The fraction of sp³-hybridized carbons (Fsp3) is 0.429. The van der Waals surface area contributed by atoms with Crippen LogP contribution in [0, 0.1) is 0 Å². The summed E-state index contributed by atoms with van der Waals surface area (Å²) >= 11 is 0. The first-order valence-electron chi connectivity index (χ1n) is 6.16. The van der Waals surface area contributed by atoms with Crippen LogP contribution in [0.25, 0.3) is 0 Å². The van der Waals surface area contributed by atoms with Crippen LogP contribution in [0.2, 0.25) is 0 Å². The Hall–Kier alpha value is -1.88. The second-order valence-electron chi connectivity index (χ2n) is 4.70. The molecule has 2 N–H and O–H groups in total. The summed E-state index contributed by atoms with van der Waals surface area (Å²) in [5.74, 6) is -1.26. The zero-order valence-electron chi connectivity index (χ0n) is 11.7. The van der Waals surface area contributed by atoms with Crippen molar-refractivity contribution in [2.45, 2.75) is 25.8 Å². The topological polar surface area (TPSA) is 69.6 Å². The molecule has 1 amide bonds. The molecule has 19 heavy (non-hydrogen) atoms. The minimum absolute atomic E-state index is 0.416. The normalized spacial score (nSPS) is 12.3. The van der Waals surface area contributed by atoms with Gasteiger partial charge >= 0.3 is 5.97 Å². The number of hydrogen-bond acceptors (Lipinski definition) is 3. The van der Waals surface area contributed by atoms with E-state index >= 15 is 0 Å². The van der Waals surface area contributed by atoms with Crippen molar-refractivity contribution in [3.8, 4) is 0 Å². The molecule has 1 atom stereocenters. The van der Waals surface area contributed by atoms with E-state index in [9.17, 15) is 9.59 Å². The molecule has 1 aromatic carbocycles. The van der Waals surface area contributed by atoms with E-state index in [-0.39, 0.29) is 0 Å². The predicted molar refractivity (Wildman–Crippen MR) is 74.4 cm³/mol. The van der Waals surface area contributed by atoms with Gasteiger partial charge in [0.1, 0.15) is 0 Å². The second-order valence-corrected chi connectivity index (χ2v) is 4.70. The van der Waals surface area contributed by atoms with Crippen LogP contribution >= 0.6 is 0 Å². The van der Waals surface area contributed by atoms with Crippen LogP contribution in [-0.2, 0) is 9.59 Å². The van der Waals surface area contributed by atoms with E-state index in [1.165, 1.54) is 17.5 Å². The Kier molecular flexibility index (Phi) is 5.06. The van der Waals surface area contributed by atoms with Crippen molar-refractivity contribution in [2.75, 3.05) is 19.0 Å². The number of hydrogen-bond donors (Lipinski definition) is 2. The summed E-state index contributed by atoms with van der Waals surface area (Å²) in [6.07, 6.45) is 0. The Morgan fingerprint density at radius 2 is 1.74 bits per heavy atom. The first kappa shape index (κ1) is 15.2. The molecule has 0 saturated carbocycles. The summed E-state index contributed by atoms with van der Waals surface area (Å²) < 4.78 is 0. The highest BCUT2D eigenvalue weighted by atomic mass is 16.4. The average Bonchev–Trinajstić information content (AvgIpc) is 2.38. The van der Waals surface area contributed by atoms with E-state index in [0.717, 1.165) is 0 Å². The lowest BCUT2D eigenvalue weighted by Gasteiger charge is -2.21. The summed E-state index contributed by atoms with van der Waals surface area (Å²) in [6, 6.07) is 6.30. The number of carboxylic acid groups (broad SMARTS) is 1. The molecule has 104 valence electrons. The molecule has 0 fully saturated rings. The van der Waals surface area contributed by atoms with Gasteiger partial charge in [0.15, 0.2) is 6.04 Å². The molecule has 0 aliphatic heterocycles. The molecule has 0 bridgehead atoms. The lowest BCUT2D eigenvalue weighted by atomic mass is 10.0. The summed E-state index contributed by atoms with van der Waals surface area (Å²) in [5, 5.41) is 11.4. The van der Waals surface area contributed by atoms with Crippen LogP contribution in [0.4, 0.5) is 5.69 Å². The monoisotopic (exact) mass is 264 g/mol. The standard InChI is InChI=1S/C14H20N2O3/c1-9(2)10-5-7-11(8-6-10)16(4)13(17)12(15-3)14(18)19/h5-9,12,15H,1-4H3,(H,18,19). The van der Waals surface area contributed by atoms with E-state index in [0.29, 0.717) is 11.6 Å². The molecular formula is C14H20N2O3. The molecule has 1 aromatic rings. The molecule has 1 unspecified atom stereocenters. The third kappa shape index (κ3) is 3.54. The van der Waals surface area contributed by atoms with Gasteiger partial charge in [0.25, 0.3) is 5.91 Å². The van der Waals surface area contributed by atoms with Gasteiger partial charge in [-0.2, -0.15) is 0 Å². The van der Waals surface area contributed by atoms with Gasteiger partial charge in [-0.3, -0.25) is 10.1 Å². The number of amides is 1. The number of carbonyl (C=O) groups excluding carboxylic acids is 1. The van der Waals surface area contributed by atoms with Crippen molar-refractivity contribution in [3.63, 3.8) is 0 Å². The number of carboxylic acids is 1. The first-order chi connectivity index (χ1) is 8.88. The van der Waals surface area contributed by atoms with Gasteiger partial charge < -0.3 is 10.0 Å². The van der Waals surface area contributed by atoms with E-state index in [2.05, 4.69) is 19.2 Å². The zero-order chi connectivity index (χ0) is 14.6. The van der Waals surface area contributed by atoms with Crippen molar-refractivity contribution >= 4 is 17.6 Å². The fourth-order valence-electron chi connectivity index (χ4n) is 1.76. The average molecular weight is 264 g/mol. The number of rotatable bonds is 5. The third-order valence-corrected chi connectivity index (χ3v) is 3.06. The maximum absolute atomic E-state index is 12.0. The summed E-state index contributed by atoms with van der Waals surface area (Å²) in [5.41, 5.74) is 1.85. The minimum atomic E-state index is -1.23. The SMILES string of the molecule is CNC(C(=O)O)C(=O)N(C)c1ccc(C(C)C)cc1. The maximum atomic E-state index is 12.0. The third-order valence-electron chi connectivity index (χ3n) is 3.06. The van der Waals surface area contributed by atoms with E-state index in [1.807, 2.05) is 24.3 Å². The van der Waals surface area contributed by atoms with E-state index < -0.39 is 17.9 Å². The smallest absolute Gasteiger partial charge is 0.330 e. The highest BCUT2D eigenvalue weighted by Crippen LogP contribution is 2.19. The number of nitrogens with one attached hydrogen (secondary N) is 1. The molecule has 0 aromatic heterocycles. The van der Waals surface area contributed by atoms with Crippen molar-refractivity contribution in [1.82, 2.24) is 5.32 Å². The zero-order valence-corrected chi connectivity index (χ0v) is 11.7. The van der Waals surface area contributed by atoms with Gasteiger partial charge in [-0.1, -0.05) is 26.0 Å². The van der Waals surface area contributed by atoms with Crippen LogP contribution < -0.4 is 10.2 Å². The molecular weight excluding hydrogens is 244 g/mol. The summed E-state index contributed by atoms with van der Waals surface area (Å²) in [7, 11) is 3.02. The van der Waals surface area contributed by atoms with Crippen molar-refractivity contribution in [3.05, 3.63) is 29.8 Å². The van der Waals surface area contributed by atoms with Gasteiger partial charge in [-0.25, -0.2) is 4.79 Å². The molecule has 0 aliphatic carbocycles. The van der Waals surface area contributed by atoms with E-state index in [1.54, 1.807) is 7.05 Å². The molecule has 5 nitrogen and oxygen atoms in total. The number of nitrogens with zero attached hydrogens (tertiary/aromatic N) is 1. The molecule has 5 heteroatoms. The quantitative estimate of drug-likeness (QED) is 0.790. The lowest BCUT2D eigenvalue weighted by Crippen LogP contribution is -2.48. The number of aliphatic carboxylic acids is 1. The molecule has 0 spiro atoms. The Morgan fingerprint density at radius 1 is 1.21 bits per heavy atom. The molecule has 0 aliphatic rings. The van der Waals surface area contributed by atoms with Crippen LogP contribution in [-0.4, -0.2) is 37.1 Å². The Morgan fingerprint density at radius 3 is 2.11 bits per heavy atom. The van der Waals surface area contributed by atoms with Gasteiger partial charge in [0.05, 0.1) is 0 Å². The Labute approximate surface area is 113 Å². The van der Waals surface area contributed by atoms with Gasteiger partial charge in [-0.15, -0.1) is 0 Å². The lowest BCUT2D eigenvalue weighted by molar-refractivity contribution is -0.143. The number of carbonyl (C=O) groups is 2. The molecule has 0 heterocycles. The second kappa shape index (κ2) is 6.33. The van der Waals surface area contributed by atoms with Gasteiger partial charge in [0.2, 0.25) is 0 Å². The summed E-state index contributed by atoms with van der Waals surface area (Å²) in [4.78, 5) is 24.3. The fourth-order valence-corrected chi connectivity index (χ4v) is 1.76. The molecule has 0 radical (unpaired) electrons. The van der Waals surface area contributed by atoms with Crippen molar-refractivity contribution in [1.29, 1.82) is 0 Å². The van der Waals surface area contributed by atoms with Gasteiger partial charge in [0, 0.05) is 12.7 Å². The largest absolute Gasteiger partial charge is 0.480 e. The van der Waals surface area contributed by atoms with Crippen LogP contribution in [0.5, 0.6) is 0 Å². The Balaban J connectivity index is 2.90. The Bertz CT molecular complexity index is 454. The molecule has 1 rings (SSSR count). The van der Waals surface area contributed by atoms with Crippen LogP contribution in [0.3, 0.4) is 0 Å². The van der Waals surface area contributed by atoms with Crippen molar-refractivity contribution < 1.29 is 14.7 Å². The number of benzene rings is 1. The number of likely N-dealkylation sites (N-methyl/N-ethyl adjacent to an activating group) is 2. The highest BCUT2D eigenvalue weighted by Gasteiger charge is 2.27. The molecule has 0 saturated heterocycles. The highest BCUT2D eigenvalue weighted by molar-refractivity contribution is 6.08. The maximum Gasteiger partial charge on any atom is 0.330 e. The van der Waals surface area contributed by atoms with Gasteiger partial charge in [-0.05, 0) is 30.7 Å². The van der Waals surface area contributed by atoms with Crippen molar-refractivity contribution in [2.24, 2.45) is 0 Å². The minimum Gasteiger partial charge on any atom is -0.480 e. The summed E-state index contributed by atoms with van der Waals surface area (Å²) in [6.45, 7) is 4.18. The number of anilines is 1. The predicted octanol–water partition coefficient (Wildman–Crippen LogP) is 1.45. The van der Waals surface area contributed by atoms with Crippen LogP contribution in [0.15, 0.2) is 24.3 Å². The first-order valence-corrected chi connectivity index (χ1v) is 6.16. The van der Waals surface area contributed by atoms with E-state index in [4.69, 9.17) is 5.11 Å².